The Morgan fingerprint density at radius 3 is 2.43 bits per heavy atom. The SMILES string of the molecule is C[C@@H](C(=O)NCc1ccc(F)cc1)N1CCN(C/C=C/c2ccccc2)CC1. The van der Waals surface area contributed by atoms with E-state index in [1.807, 2.05) is 25.1 Å². The highest BCUT2D eigenvalue weighted by Gasteiger charge is 2.24. The van der Waals surface area contributed by atoms with Crippen LogP contribution in [0.3, 0.4) is 0 Å². The maximum Gasteiger partial charge on any atom is 0.237 e. The van der Waals surface area contributed by atoms with Gasteiger partial charge < -0.3 is 5.32 Å². The van der Waals surface area contributed by atoms with Gasteiger partial charge in [0.05, 0.1) is 6.04 Å². The lowest BCUT2D eigenvalue weighted by Gasteiger charge is -2.37. The lowest BCUT2D eigenvalue weighted by molar-refractivity contribution is -0.126. The molecule has 1 heterocycles. The summed E-state index contributed by atoms with van der Waals surface area (Å²) < 4.78 is 13.0. The molecule has 28 heavy (non-hydrogen) atoms. The lowest BCUT2D eigenvalue weighted by Crippen LogP contribution is -2.53. The van der Waals surface area contributed by atoms with Crippen molar-refractivity contribution in [2.75, 3.05) is 32.7 Å². The Kier molecular flexibility index (Phi) is 7.34. The van der Waals surface area contributed by atoms with Crippen LogP contribution in [0, 0.1) is 5.82 Å². The zero-order valence-corrected chi connectivity index (χ0v) is 16.4. The van der Waals surface area contributed by atoms with Crippen LogP contribution in [-0.2, 0) is 11.3 Å². The second kappa shape index (κ2) is 10.2. The Bertz CT molecular complexity index is 768. The maximum absolute atomic E-state index is 13.0. The summed E-state index contributed by atoms with van der Waals surface area (Å²) in [6.45, 7) is 6.96. The molecule has 0 radical (unpaired) electrons. The number of halogens is 1. The third kappa shape index (κ3) is 6.01. The minimum atomic E-state index is -0.264. The van der Waals surface area contributed by atoms with E-state index >= 15 is 0 Å². The van der Waals surface area contributed by atoms with E-state index in [1.54, 1.807) is 12.1 Å². The zero-order chi connectivity index (χ0) is 19.8. The van der Waals surface area contributed by atoms with Crippen molar-refractivity contribution in [3.63, 3.8) is 0 Å². The monoisotopic (exact) mass is 381 g/mol. The number of nitrogens with one attached hydrogen (secondary N) is 1. The number of nitrogens with zero attached hydrogens (tertiary/aromatic N) is 2. The first kappa shape index (κ1) is 20.2. The van der Waals surface area contributed by atoms with E-state index in [0.717, 1.165) is 38.3 Å². The summed E-state index contributed by atoms with van der Waals surface area (Å²) in [5, 5.41) is 2.95. The van der Waals surface area contributed by atoms with Gasteiger partial charge in [0.1, 0.15) is 5.82 Å². The Balaban J connectivity index is 1.39. The average molecular weight is 381 g/mol. The highest BCUT2D eigenvalue weighted by molar-refractivity contribution is 5.81. The third-order valence-electron chi connectivity index (χ3n) is 5.19. The molecule has 3 rings (SSSR count). The molecule has 5 heteroatoms. The van der Waals surface area contributed by atoms with Crippen LogP contribution in [0.5, 0.6) is 0 Å². The van der Waals surface area contributed by atoms with Crippen LogP contribution < -0.4 is 5.32 Å². The van der Waals surface area contributed by atoms with Crippen LogP contribution >= 0.6 is 0 Å². The quantitative estimate of drug-likeness (QED) is 0.800. The van der Waals surface area contributed by atoms with Crippen molar-refractivity contribution in [3.05, 3.63) is 77.6 Å². The molecule has 1 aliphatic heterocycles. The average Bonchev–Trinajstić information content (AvgIpc) is 2.74. The number of piperazine rings is 1. The Morgan fingerprint density at radius 2 is 1.75 bits per heavy atom. The molecular formula is C23H28FN3O. The molecular weight excluding hydrogens is 353 g/mol. The summed E-state index contributed by atoms with van der Waals surface area (Å²) in [5.74, 6) is -0.248. The fraction of sp³-hybridized carbons (Fsp3) is 0.348. The molecule has 2 aromatic rings. The van der Waals surface area contributed by atoms with E-state index < -0.39 is 0 Å². The summed E-state index contributed by atoms with van der Waals surface area (Å²) in [5.41, 5.74) is 2.12. The van der Waals surface area contributed by atoms with E-state index in [-0.39, 0.29) is 17.8 Å². The number of carbonyl (C=O) groups is 1. The predicted octanol–water partition coefficient (Wildman–Crippen LogP) is 3.16. The first-order valence-corrected chi connectivity index (χ1v) is 9.82. The van der Waals surface area contributed by atoms with Gasteiger partial charge in [0.2, 0.25) is 5.91 Å². The molecule has 1 saturated heterocycles. The normalized spacial score (nSPS) is 16.9. The maximum atomic E-state index is 13.0. The molecule has 0 spiro atoms. The molecule has 0 saturated carbocycles. The van der Waals surface area contributed by atoms with Crippen molar-refractivity contribution in [1.82, 2.24) is 15.1 Å². The van der Waals surface area contributed by atoms with Crippen molar-refractivity contribution < 1.29 is 9.18 Å². The van der Waals surface area contributed by atoms with E-state index in [9.17, 15) is 9.18 Å². The van der Waals surface area contributed by atoms with Gasteiger partial charge in [0.15, 0.2) is 0 Å². The number of amides is 1. The lowest BCUT2D eigenvalue weighted by atomic mass is 10.2. The first-order valence-electron chi connectivity index (χ1n) is 9.82. The number of hydrogen-bond donors (Lipinski definition) is 1. The van der Waals surface area contributed by atoms with Gasteiger partial charge in [-0.15, -0.1) is 0 Å². The number of benzene rings is 2. The van der Waals surface area contributed by atoms with E-state index in [4.69, 9.17) is 0 Å². The van der Waals surface area contributed by atoms with Crippen LogP contribution in [0.25, 0.3) is 6.08 Å². The van der Waals surface area contributed by atoms with E-state index in [2.05, 4.69) is 39.4 Å². The fourth-order valence-electron chi connectivity index (χ4n) is 3.34. The van der Waals surface area contributed by atoms with Crippen LogP contribution in [0.1, 0.15) is 18.1 Å². The summed E-state index contributed by atoms with van der Waals surface area (Å²) in [6, 6.07) is 16.4. The second-order valence-electron chi connectivity index (χ2n) is 7.17. The van der Waals surface area contributed by atoms with Gasteiger partial charge in [0.25, 0.3) is 0 Å². The minimum Gasteiger partial charge on any atom is -0.351 e. The number of carbonyl (C=O) groups excluding carboxylic acids is 1. The van der Waals surface area contributed by atoms with Crippen LogP contribution in [-0.4, -0.2) is 54.5 Å². The first-order chi connectivity index (χ1) is 13.6. The van der Waals surface area contributed by atoms with Crippen molar-refractivity contribution in [1.29, 1.82) is 0 Å². The molecule has 1 atom stereocenters. The minimum absolute atomic E-state index is 0.0155. The highest BCUT2D eigenvalue weighted by Crippen LogP contribution is 2.09. The smallest absolute Gasteiger partial charge is 0.237 e. The standard InChI is InChI=1S/C23H28FN3O/c1-19(23(28)25-18-21-9-11-22(24)12-10-21)27-16-14-26(15-17-27)13-5-8-20-6-3-2-4-7-20/h2-12,19H,13-18H2,1H3,(H,25,28)/b8-5+/t19-/m0/s1. The van der Waals surface area contributed by atoms with Gasteiger partial charge in [-0.1, -0.05) is 54.6 Å². The highest BCUT2D eigenvalue weighted by atomic mass is 19.1. The summed E-state index contributed by atoms with van der Waals surface area (Å²) >= 11 is 0. The summed E-state index contributed by atoms with van der Waals surface area (Å²) in [4.78, 5) is 17.1. The topological polar surface area (TPSA) is 35.6 Å². The Hall–Kier alpha value is -2.50. The van der Waals surface area contributed by atoms with Crippen molar-refractivity contribution >= 4 is 12.0 Å². The number of hydrogen-bond acceptors (Lipinski definition) is 3. The Labute approximate surface area is 166 Å². The van der Waals surface area contributed by atoms with Gasteiger partial charge in [-0.3, -0.25) is 14.6 Å². The second-order valence-corrected chi connectivity index (χ2v) is 7.17. The molecule has 4 nitrogen and oxygen atoms in total. The molecule has 0 bridgehead atoms. The molecule has 1 aliphatic rings. The van der Waals surface area contributed by atoms with Gasteiger partial charge in [-0.05, 0) is 30.2 Å². The van der Waals surface area contributed by atoms with Crippen LogP contribution in [0.4, 0.5) is 4.39 Å². The van der Waals surface area contributed by atoms with Crippen LogP contribution in [0.15, 0.2) is 60.7 Å². The molecule has 2 aromatic carbocycles. The van der Waals surface area contributed by atoms with Gasteiger partial charge in [-0.25, -0.2) is 4.39 Å². The Morgan fingerprint density at radius 1 is 1.07 bits per heavy atom. The summed E-state index contributed by atoms with van der Waals surface area (Å²) in [7, 11) is 0. The molecule has 1 N–H and O–H groups in total. The van der Waals surface area contributed by atoms with Gasteiger partial charge >= 0.3 is 0 Å². The van der Waals surface area contributed by atoms with Crippen molar-refractivity contribution in [2.24, 2.45) is 0 Å². The molecule has 0 aromatic heterocycles. The number of rotatable bonds is 7. The molecule has 1 fully saturated rings. The fourth-order valence-corrected chi connectivity index (χ4v) is 3.34. The van der Waals surface area contributed by atoms with E-state index in [0.29, 0.717) is 6.54 Å². The largest absolute Gasteiger partial charge is 0.351 e. The van der Waals surface area contributed by atoms with Gasteiger partial charge in [-0.2, -0.15) is 0 Å². The van der Waals surface area contributed by atoms with Crippen LogP contribution in [0.2, 0.25) is 0 Å². The molecule has 0 aliphatic carbocycles. The zero-order valence-electron chi connectivity index (χ0n) is 16.4. The van der Waals surface area contributed by atoms with Crippen molar-refractivity contribution in [3.8, 4) is 0 Å². The summed E-state index contributed by atoms with van der Waals surface area (Å²) in [6.07, 6.45) is 4.35. The predicted molar refractivity (Wildman–Crippen MR) is 111 cm³/mol. The third-order valence-corrected chi connectivity index (χ3v) is 5.19. The molecule has 1 amide bonds. The molecule has 0 unspecified atom stereocenters. The van der Waals surface area contributed by atoms with E-state index in [1.165, 1.54) is 17.7 Å². The van der Waals surface area contributed by atoms with Crippen molar-refractivity contribution in [2.45, 2.75) is 19.5 Å². The molecule has 148 valence electrons. The van der Waals surface area contributed by atoms with Gasteiger partial charge in [0, 0.05) is 39.3 Å².